The molecule has 0 spiro atoms. The smallest absolute Gasteiger partial charge is 0.335 e. The van der Waals surface area contributed by atoms with Crippen LogP contribution in [0.4, 0.5) is 5.69 Å². The standard InChI is InChI=1S/C12H18N2O2/c1-9-8-10(14-7-3-6-13-2)4-5-11(9)12(15)16/h4-5,8,13-14H,3,6-7H2,1-2H3,(H,15,16). The summed E-state index contributed by atoms with van der Waals surface area (Å²) in [5, 5.41) is 15.2. The van der Waals surface area contributed by atoms with Gasteiger partial charge in [-0.25, -0.2) is 4.79 Å². The molecule has 0 amide bonds. The van der Waals surface area contributed by atoms with Gasteiger partial charge in [0.05, 0.1) is 5.56 Å². The van der Waals surface area contributed by atoms with Crippen LogP contribution in [-0.2, 0) is 0 Å². The third-order valence-electron chi connectivity index (χ3n) is 2.39. The second-order valence-corrected chi connectivity index (χ2v) is 3.72. The van der Waals surface area contributed by atoms with Gasteiger partial charge < -0.3 is 15.7 Å². The van der Waals surface area contributed by atoms with Crippen molar-refractivity contribution in [2.24, 2.45) is 0 Å². The van der Waals surface area contributed by atoms with Crippen LogP contribution in [-0.4, -0.2) is 31.2 Å². The number of hydrogen-bond acceptors (Lipinski definition) is 3. The fraction of sp³-hybridized carbons (Fsp3) is 0.417. The number of carboxylic acids is 1. The van der Waals surface area contributed by atoms with Crippen LogP contribution in [0, 0.1) is 6.92 Å². The summed E-state index contributed by atoms with van der Waals surface area (Å²) in [6.07, 6.45) is 1.04. The minimum Gasteiger partial charge on any atom is -0.478 e. The molecule has 0 saturated carbocycles. The molecular formula is C12H18N2O2. The second kappa shape index (κ2) is 6.12. The molecule has 1 rings (SSSR count). The molecule has 16 heavy (non-hydrogen) atoms. The normalized spacial score (nSPS) is 10.1. The van der Waals surface area contributed by atoms with Crippen LogP contribution in [0.25, 0.3) is 0 Å². The highest BCUT2D eigenvalue weighted by atomic mass is 16.4. The summed E-state index contributed by atoms with van der Waals surface area (Å²) >= 11 is 0. The molecule has 0 fully saturated rings. The SMILES string of the molecule is CNCCCNc1ccc(C(=O)O)c(C)c1. The van der Waals surface area contributed by atoms with Crippen LogP contribution in [0.2, 0.25) is 0 Å². The molecule has 4 heteroatoms. The van der Waals surface area contributed by atoms with Gasteiger partial charge in [0.2, 0.25) is 0 Å². The average molecular weight is 222 g/mol. The number of carboxylic acid groups (broad SMARTS) is 1. The molecule has 88 valence electrons. The minimum atomic E-state index is -0.876. The molecular weight excluding hydrogens is 204 g/mol. The quantitative estimate of drug-likeness (QED) is 0.641. The van der Waals surface area contributed by atoms with Crippen molar-refractivity contribution in [1.29, 1.82) is 0 Å². The van der Waals surface area contributed by atoms with Crippen molar-refractivity contribution in [2.45, 2.75) is 13.3 Å². The van der Waals surface area contributed by atoms with E-state index in [0.717, 1.165) is 30.8 Å². The predicted molar refractivity (Wildman–Crippen MR) is 65.2 cm³/mol. The summed E-state index contributed by atoms with van der Waals surface area (Å²) in [5.74, 6) is -0.876. The number of rotatable bonds is 6. The van der Waals surface area contributed by atoms with Gasteiger partial charge in [-0.2, -0.15) is 0 Å². The van der Waals surface area contributed by atoms with E-state index < -0.39 is 5.97 Å². The molecule has 1 aromatic rings. The summed E-state index contributed by atoms with van der Waals surface area (Å²) in [6, 6.07) is 5.30. The fourth-order valence-corrected chi connectivity index (χ4v) is 1.51. The van der Waals surface area contributed by atoms with Crippen molar-refractivity contribution in [3.05, 3.63) is 29.3 Å². The Labute approximate surface area is 95.7 Å². The third kappa shape index (κ3) is 3.55. The lowest BCUT2D eigenvalue weighted by atomic mass is 10.1. The van der Waals surface area contributed by atoms with E-state index >= 15 is 0 Å². The highest BCUT2D eigenvalue weighted by Crippen LogP contribution is 2.15. The lowest BCUT2D eigenvalue weighted by Crippen LogP contribution is -2.13. The van der Waals surface area contributed by atoms with Gasteiger partial charge in [0.1, 0.15) is 0 Å². The van der Waals surface area contributed by atoms with Crippen LogP contribution in [0.3, 0.4) is 0 Å². The summed E-state index contributed by atoms with van der Waals surface area (Å²) in [4.78, 5) is 10.8. The Morgan fingerprint density at radius 1 is 1.38 bits per heavy atom. The van der Waals surface area contributed by atoms with E-state index in [0.29, 0.717) is 5.56 Å². The van der Waals surface area contributed by atoms with Crippen LogP contribution < -0.4 is 10.6 Å². The Kier molecular flexibility index (Phi) is 4.79. The minimum absolute atomic E-state index is 0.362. The Morgan fingerprint density at radius 2 is 2.12 bits per heavy atom. The number of hydrogen-bond donors (Lipinski definition) is 3. The van der Waals surface area contributed by atoms with E-state index in [9.17, 15) is 4.79 Å². The third-order valence-corrected chi connectivity index (χ3v) is 2.39. The summed E-state index contributed by atoms with van der Waals surface area (Å²) in [6.45, 7) is 3.66. The van der Waals surface area contributed by atoms with E-state index in [2.05, 4.69) is 10.6 Å². The largest absolute Gasteiger partial charge is 0.478 e. The van der Waals surface area contributed by atoms with Gasteiger partial charge in [0.15, 0.2) is 0 Å². The maximum atomic E-state index is 10.8. The topological polar surface area (TPSA) is 61.4 Å². The molecule has 3 N–H and O–H groups in total. The van der Waals surface area contributed by atoms with E-state index in [1.54, 1.807) is 12.1 Å². The number of carbonyl (C=O) groups is 1. The number of anilines is 1. The summed E-state index contributed by atoms with van der Waals surface area (Å²) in [7, 11) is 1.92. The zero-order chi connectivity index (χ0) is 12.0. The number of aryl methyl sites for hydroxylation is 1. The predicted octanol–water partition coefficient (Wildman–Crippen LogP) is 1.71. The fourth-order valence-electron chi connectivity index (χ4n) is 1.51. The highest BCUT2D eigenvalue weighted by Gasteiger charge is 2.06. The van der Waals surface area contributed by atoms with Gasteiger partial charge in [-0.1, -0.05) is 0 Å². The van der Waals surface area contributed by atoms with Crippen molar-refractivity contribution in [2.75, 3.05) is 25.5 Å². The van der Waals surface area contributed by atoms with Gasteiger partial charge in [0.25, 0.3) is 0 Å². The van der Waals surface area contributed by atoms with E-state index in [-0.39, 0.29) is 0 Å². The summed E-state index contributed by atoms with van der Waals surface area (Å²) < 4.78 is 0. The molecule has 4 nitrogen and oxygen atoms in total. The van der Waals surface area contributed by atoms with Crippen molar-refractivity contribution in [1.82, 2.24) is 5.32 Å². The van der Waals surface area contributed by atoms with Gasteiger partial charge in [0, 0.05) is 12.2 Å². The molecule has 0 aliphatic heterocycles. The number of nitrogens with one attached hydrogen (secondary N) is 2. The molecule has 0 unspecified atom stereocenters. The van der Waals surface area contributed by atoms with E-state index in [1.807, 2.05) is 20.0 Å². The Morgan fingerprint density at radius 3 is 2.69 bits per heavy atom. The van der Waals surface area contributed by atoms with Crippen LogP contribution in [0.5, 0.6) is 0 Å². The number of benzene rings is 1. The molecule has 0 saturated heterocycles. The lowest BCUT2D eigenvalue weighted by molar-refractivity contribution is 0.0696. The molecule has 0 radical (unpaired) electrons. The highest BCUT2D eigenvalue weighted by molar-refractivity contribution is 5.89. The monoisotopic (exact) mass is 222 g/mol. The van der Waals surface area contributed by atoms with Crippen molar-refractivity contribution >= 4 is 11.7 Å². The molecule has 1 aromatic carbocycles. The van der Waals surface area contributed by atoms with Crippen LogP contribution in [0.15, 0.2) is 18.2 Å². The maximum absolute atomic E-state index is 10.8. The molecule has 0 heterocycles. The lowest BCUT2D eigenvalue weighted by Gasteiger charge is -2.08. The van der Waals surface area contributed by atoms with Crippen molar-refractivity contribution in [3.63, 3.8) is 0 Å². The van der Waals surface area contributed by atoms with Gasteiger partial charge in [-0.15, -0.1) is 0 Å². The molecule has 0 aliphatic rings. The Hall–Kier alpha value is -1.55. The first kappa shape index (κ1) is 12.5. The first-order valence-electron chi connectivity index (χ1n) is 5.37. The van der Waals surface area contributed by atoms with Crippen molar-refractivity contribution in [3.8, 4) is 0 Å². The zero-order valence-electron chi connectivity index (χ0n) is 9.71. The molecule has 0 aromatic heterocycles. The number of aromatic carboxylic acids is 1. The van der Waals surface area contributed by atoms with Crippen LogP contribution >= 0.6 is 0 Å². The van der Waals surface area contributed by atoms with Gasteiger partial charge in [-0.3, -0.25) is 0 Å². The zero-order valence-corrected chi connectivity index (χ0v) is 9.71. The maximum Gasteiger partial charge on any atom is 0.335 e. The molecule has 0 atom stereocenters. The molecule has 0 aliphatic carbocycles. The van der Waals surface area contributed by atoms with Crippen LogP contribution in [0.1, 0.15) is 22.3 Å². The van der Waals surface area contributed by atoms with Gasteiger partial charge >= 0.3 is 5.97 Å². The molecule has 0 bridgehead atoms. The first-order valence-corrected chi connectivity index (χ1v) is 5.37. The average Bonchev–Trinajstić information content (AvgIpc) is 2.24. The Bertz CT molecular complexity index is 364. The second-order valence-electron chi connectivity index (χ2n) is 3.72. The van der Waals surface area contributed by atoms with Crippen molar-refractivity contribution < 1.29 is 9.90 Å². The Balaban J connectivity index is 2.56. The van der Waals surface area contributed by atoms with E-state index in [4.69, 9.17) is 5.11 Å². The summed E-state index contributed by atoms with van der Waals surface area (Å²) in [5.41, 5.74) is 2.12. The van der Waals surface area contributed by atoms with E-state index in [1.165, 1.54) is 0 Å². The van der Waals surface area contributed by atoms with Gasteiger partial charge in [-0.05, 0) is 50.7 Å². The first-order chi connectivity index (χ1) is 7.65.